The Kier molecular flexibility index (Phi) is 3.04. The van der Waals surface area contributed by atoms with Crippen molar-refractivity contribution < 1.29 is 0 Å². The maximum absolute atomic E-state index is 4.77. The Labute approximate surface area is 160 Å². The number of benzene rings is 1. The van der Waals surface area contributed by atoms with E-state index in [2.05, 4.69) is 36.7 Å². The number of nitrogens with zero attached hydrogens (tertiary/aromatic N) is 3. The number of fused-ring (bicyclic) bond motifs is 9. The summed E-state index contributed by atoms with van der Waals surface area (Å²) < 4.78 is 0. The number of aromatic amines is 2. The predicted octanol–water partition coefficient (Wildman–Crippen LogP) is 4.14. The number of hydrogen-bond acceptors (Lipinski definition) is 5. The quantitative estimate of drug-likeness (QED) is 0.482. The van der Waals surface area contributed by atoms with E-state index in [4.69, 9.17) is 4.99 Å². The fourth-order valence-corrected chi connectivity index (χ4v) is 3.46. The van der Waals surface area contributed by atoms with E-state index in [-0.39, 0.29) is 0 Å². The second kappa shape index (κ2) is 5.68. The van der Waals surface area contributed by atoms with Crippen molar-refractivity contribution in [3.8, 4) is 0 Å². The Morgan fingerprint density at radius 3 is 2.36 bits per heavy atom. The van der Waals surface area contributed by atoms with E-state index < -0.39 is 0 Å². The molecule has 8 bridgehead atoms. The summed E-state index contributed by atoms with van der Waals surface area (Å²) in [7, 11) is 0. The van der Waals surface area contributed by atoms with Crippen molar-refractivity contribution in [1.82, 2.24) is 9.97 Å². The van der Waals surface area contributed by atoms with Gasteiger partial charge in [-0.25, -0.2) is 15.0 Å². The van der Waals surface area contributed by atoms with Crippen LogP contribution in [0.25, 0.3) is 11.8 Å². The molecule has 0 unspecified atom stereocenters. The molecule has 0 spiro atoms. The van der Waals surface area contributed by atoms with Crippen molar-refractivity contribution in [2.75, 3.05) is 10.6 Å². The summed E-state index contributed by atoms with van der Waals surface area (Å²) >= 11 is 0. The van der Waals surface area contributed by atoms with E-state index in [1.54, 1.807) is 0 Å². The molecule has 0 amide bonds. The van der Waals surface area contributed by atoms with Gasteiger partial charge in [-0.1, -0.05) is 24.3 Å². The minimum atomic E-state index is 0.622. The van der Waals surface area contributed by atoms with Crippen molar-refractivity contribution in [2.24, 2.45) is 15.0 Å². The Morgan fingerprint density at radius 1 is 0.643 bits per heavy atom. The highest BCUT2D eigenvalue weighted by Crippen LogP contribution is 2.31. The summed E-state index contributed by atoms with van der Waals surface area (Å²) in [6.07, 6.45) is 5.82. The number of rotatable bonds is 0. The molecule has 0 radical (unpaired) electrons. The first-order chi connectivity index (χ1) is 13.8. The molecule has 28 heavy (non-hydrogen) atoms. The molecule has 0 saturated heterocycles. The summed E-state index contributed by atoms with van der Waals surface area (Å²) in [4.78, 5) is 20.7. The fourth-order valence-electron chi connectivity index (χ4n) is 3.46. The summed E-state index contributed by atoms with van der Waals surface area (Å²) in [5, 5.41) is 6.59. The molecule has 4 N–H and O–H groups in total. The minimum Gasteiger partial charge on any atom is -0.342 e. The van der Waals surface area contributed by atoms with Gasteiger partial charge >= 0.3 is 0 Å². The fraction of sp³-hybridized carbons (Fsp3) is 0. The molecule has 3 aliphatic heterocycles. The summed E-state index contributed by atoms with van der Waals surface area (Å²) in [5.74, 6) is 4.63. The normalized spacial score (nSPS) is 16.4. The molecule has 2 aromatic heterocycles. The third-order valence-corrected chi connectivity index (χ3v) is 4.73. The molecule has 7 nitrogen and oxygen atoms in total. The van der Waals surface area contributed by atoms with E-state index in [1.807, 2.05) is 60.7 Å². The van der Waals surface area contributed by atoms with Crippen LogP contribution in [0, 0.1) is 0 Å². The third-order valence-electron chi connectivity index (χ3n) is 4.73. The zero-order chi connectivity index (χ0) is 18.5. The van der Waals surface area contributed by atoms with Crippen molar-refractivity contribution in [3.05, 3.63) is 77.5 Å². The topological polar surface area (TPSA) is 92.7 Å². The molecule has 7 heteroatoms. The van der Waals surface area contributed by atoms with Gasteiger partial charge in [0.1, 0.15) is 23.3 Å². The molecule has 5 heterocycles. The first-order valence-electron chi connectivity index (χ1n) is 8.98. The van der Waals surface area contributed by atoms with E-state index in [9.17, 15) is 0 Å². The van der Waals surface area contributed by atoms with Crippen LogP contribution in [-0.2, 0) is 0 Å². The van der Waals surface area contributed by atoms with Gasteiger partial charge in [-0.3, -0.25) is 0 Å². The van der Waals surface area contributed by atoms with E-state index in [0.717, 1.165) is 45.8 Å². The highest BCUT2D eigenvalue weighted by Gasteiger charge is 2.21. The summed E-state index contributed by atoms with van der Waals surface area (Å²) in [6, 6.07) is 16.1. The number of aromatic nitrogens is 2. The maximum atomic E-state index is 4.77. The lowest BCUT2D eigenvalue weighted by Gasteiger charge is -2.03. The van der Waals surface area contributed by atoms with Gasteiger partial charge in [-0.15, -0.1) is 0 Å². The highest BCUT2D eigenvalue weighted by atomic mass is 15.1. The van der Waals surface area contributed by atoms with Gasteiger partial charge in [0.15, 0.2) is 11.7 Å². The van der Waals surface area contributed by atoms with E-state index in [1.165, 1.54) is 0 Å². The van der Waals surface area contributed by atoms with Crippen LogP contribution < -0.4 is 10.6 Å². The molecule has 0 atom stereocenters. The van der Waals surface area contributed by atoms with E-state index >= 15 is 0 Å². The zero-order valence-corrected chi connectivity index (χ0v) is 14.7. The standard InChI is InChI=1S/C21H15N7/c1-2-4-14-13(3-1)15-11-12-5-6-16(22-12)24-17-7-8-18(25-17)26-19-9-10-20(27-19)28-21(14)23-15/h1-11,22,24-25H,(H,23,26,27,28). The van der Waals surface area contributed by atoms with E-state index in [0.29, 0.717) is 11.7 Å². The molecule has 0 saturated carbocycles. The molecule has 3 aromatic rings. The number of H-pyrrole nitrogens is 2. The maximum Gasteiger partial charge on any atom is 0.162 e. The van der Waals surface area contributed by atoms with Gasteiger partial charge in [0.25, 0.3) is 0 Å². The third kappa shape index (κ3) is 2.49. The van der Waals surface area contributed by atoms with Crippen molar-refractivity contribution in [1.29, 1.82) is 0 Å². The largest absolute Gasteiger partial charge is 0.342 e. The molecule has 1 aromatic carbocycles. The second-order valence-corrected chi connectivity index (χ2v) is 6.67. The Morgan fingerprint density at radius 2 is 1.43 bits per heavy atom. The van der Waals surface area contributed by atoms with Crippen LogP contribution in [0.15, 0.2) is 75.7 Å². The van der Waals surface area contributed by atoms with Crippen LogP contribution in [0.3, 0.4) is 0 Å². The monoisotopic (exact) mass is 365 g/mol. The van der Waals surface area contributed by atoms with Crippen LogP contribution in [-0.4, -0.2) is 27.5 Å². The molecule has 0 aliphatic carbocycles. The van der Waals surface area contributed by atoms with Gasteiger partial charge in [-0.05, 0) is 42.5 Å². The number of hydrogen-bond donors (Lipinski definition) is 4. The van der Waals surface area contributed by atoms with Crippen LogP contribution in [0.4, 0.5) is 17.5 Å². The smallest absolute Gasteiger partial charge is 0.162 e. The molecular weight excluding hydrogens is 350 g/mol. The van der Waals surface area contributed by atoms with Gasteiger partial charge in [0.2, 0.25) is 0 Å². The number of amidine groups is 3. The van der Waals surface area contributed by atoms with Crippen LogP contribution >= 0.6 is 0 Å². The average Bonchev–Trinajstić information content (AvgIpc) is 3.47. The zero-order valence-electron chi connectivity index (χ0n) is 14.7. The number of anilines is 3. The first kappa shape index (κ1) is 15.0. The molecule has 134 valence electrons. The molecule has 0 fully saturated rings. The van der Waals surface area contributed by atoms with Crippen molar-refractivity contribution in [2.45, 2.75) is 0 Å². The van der Waals surface area contributed by atoms with Crippen LogP contribution in [0.5, 0.6) is 0 Å². The Bertz CT molecular complexity index is 1260. The second-order valence-electron chi connectivity index (χ2n) is 6.67. The average molecular weight is 365 g/mol. The van der Waals surface area contributed by atoms with Crippen LogP contribution in [0.2, 0.25) is 0 Å². The highest BCUT2D eigenvalue weighted by molar-refractivity contribution is 6.23. The van der Waals surface area contributed by atoms with Gasteiger partial charge in [0.05, 0.1) is 5.70 Å². The Hall–Kier alpha value is -4.13. The van der Waals surface area contributed by atoms with Crippen molar-refractivity contribution >= 4 is 46.7 Å². The Balaban J connectivity index is 1.53. The van der Waals surface area contributed by atoms with Crippen molar-refractivity contribution in [3.63, 3.8) is 0 Å². The summed E-state index contributed by atoms with van der Waals surface area (Å²) in [6.45, 7) is 0. The lowest BCUT2D eigenvalue weighted by molar-refractivity contribution is 1.31. The first-order valence-corrected chi connectivity index (χ1v) is 8.98. The van der Waals surface area contributed by atoms with Gasteiger partial charge in [-0.2, -0.15) is 0 Å². The lowest BCUT2D eigenvalue weighted by atomic mass is 10.1. The molecular formula is C21H15N7. The predicted molar refractivity (Wildman–Crippen MR) is 113 cm³/mol. The minimum absolute atomic E-state index is 0.622. The SMILES string of the molecule is C1=CC2=NC1=NC1=NC(=Cc3ccc([nH]3)Nc3ccc([nH]3)N2)c2ccccc21. The summed E-state index contributed by atoms with van der Waals surface area (Å²) in [5.41, 5.74) is 3.91. The molecule has 6 rings (SSSR count). The molecule has 3 aliphatic rings. The van der Waals surface area contributed by atoms with Gasteiger partial charge < -0.3 is 20.6 Å². The lowest BCUT2D eigenvalue weighted by Crippen LogP contribution is -2.07. The van der Waals surface area contributed by atoms with Crippen LogP contribution in [0.1, 0.15) is 16.8 Å². The number of aliphatic imine (C=N–C) groups is 3. The van der Waals surface area contributed by atoms with Gasteiger partial charge in [0, 0.05) is 16.8 Å². The number of nitrogens with one attached hydrogen (secondary N) is 4.